The van der Waals surface area contributed by atoms with Gasteiger partial charge in [-0.1, -0.05) is 6.07 Å². The molecule has 1 aromatic heterocycles. The zero-order valence-electron chi connectivity index (χ0n) is 8.09. The van der Waals surface area contributed by atoms with Gasteiger partial charge in [0.2, 0.25) is 5.82 Å². The first-order chi connectivity index (χ1) is 7.66. The van der Waals surface area contributed by atoms with Gasteiger partial charge in [-0.25, -0.2) is 4.39 Å². The Labute approximate surface area is 95.1 Å². The Balaban J connectivity index is 2.10. The van der Waals surface area contributed by atoms with Crippen LogP contribution in [0.3, 0.4) is 0 Å². The van der Waals surface area contributed by atoms with E-state index in [4.69, 9.17) is 17.0 Å². The normalized spacial score (nSPS) is 10.4. The standard InChI is InChI=1S/C10H8F2N2OS/c11-7-2-1-3-8(9(7)12)15-5-6-4-13-10(16)14-6/h1-4H,5H2,(H2,13,14,16). The number of hydrogen-bond acceptors (Lipinski definition) is 2. The molecular weight excluding hydrogens is 234 g/mol. The van der Waals surface area contributed by atoms with E-state index in [1.54, 1.807) is 6.20 Å². The smallest absolute Gasteiger partial charge is 0.200 e. The van der Waals surface area contributed by atoms with Crippen LogP contribution < -0.4 is 4.74 Å². The van der Waals surface area contributed by atoms with Crippen molar-refractivity contribution in [3.05, 3.63) is 46.5 Å². The highest BCUT2D eigenvalue weighted by atomic mass is 32.1. The minimum absolute atomic E-state index is 0.0908. The molecule has 0 aliphatic rings. The van der Waals surface area contributed by atoms with Crippen LogP contribution in [0.25, 0.3) is 0 Å². The van der Waals surface area contributed by atoms with Crippen molar-refractivity contribution >= 4 is 12.2 Å². The highest BCUT2D eigenvalue weighted by molar-refractivity contribution is 7.71. The van der Waals surface area contributed by atoms with E-state index in [-0.39, 0.29) is 12.4 Å². The number of nitrogens with one attached hydrogen (secondary N) is 2. The van der Waals surface area contributed by atoms with E-state index in [1.807, 2.05) is 0 Å². The Bertz CT molecular complexity index is 550. The van der Waals surface area contributed by atoms with Crippen LogP contribution in [-0.2, 0) is 6.61 Å². The average Bonchev–Trinajstić information content (AvgIpc) is 2.67. The van der Waals surface area contributed by atoms with Gasteiger partial charge in [0.1, 0.15) is 6.61 Å². The molecule has 2 aromatic rings. The molecule has 0 amide bonds. The van der Waals surface area contributed by atoms with Crippen LogP contribution in [0.15, 0.2) is 24.4 Å². The molecule has 0 atom stereocenters. The molecule has 0 aliphatic carbocycles. The van der Waals surface area contributed by atoms with E-state index in [9.17, 15) is 8.78 Å². The van der Waals surface area contributed by atoms with Crippen LogP contribution in [0.5, 0.6) is 5.75 Å². The van der Waals surface area contributed by atoms with E-state index in [2.05, 4.69) is 9.97 Å². The van der Waals surface area contributed by atoms with Crippen LogP contribution in [0, 0.1) is 16.4 Å². The maximum atomic E-state index is 13.2. The number of ether oxygens (including phenoxy) is 1. The number of benzene rings is 1. The lowest BCUT2D eigenvalue weighted by Gasteiger charge is -2.05. The quantitative estimate of drug-likeness (QED) is 0.812. The maximum absolute atomic E-state index is 13.2. The lowest BCUT2D eigenvalue weighted by atomic mass is 10.3. The van der Waals surface area contributed by atoms with Crippen molar-refractivity contribution in [1.82, 2.24) is 9.97 Å². The van der Waals surface area contributed by atoms with E-state index in [0.717, 1.165) is 6.07 Å². The van der Waals surface area contributed by atoms with Crippen molar-refractivity contribution in [2.75, 3.05) is 0 Å². The van der Waals surface area contributed by atoms with Crippen molar-refractivity contribution in [2.24, 2.45) is 0 Å². The number of rotatable bonds is 3. The van der Waals surface area contributed by atoms with Gasteiger partial charge in [0.25, 0.3) is 0 Å². The number of aromatic amines is 2. The number of halogens is 2. The largest absolute Gasteiger partial charge is 0.484 e. The molecule has 16 heavy (non-hydrogen) atoms. The fourth-order valence-corrected chi connectivity index (χ4v) is 1.39. The summed E-state index contributed by atoms with van der Waals surface area (Å²) >= 11 is 4.81. The van der Waals surface area contributed by atoms with Crippen LogP contribution in [0.1, 0.15) is 5.69 Å². The second kappa shape index (κ2) is 4.44. The maximum Gasteiger partial charge on any atom is 0.200 e. The summed E-state index contributed by atoms with van der Waals surface area (Å²) in [6, 6.07) is 3.78. The predicted octanol–water partition coefficient (Wildman–Crippen LogP) is 2.93. The van der Waals surface area contributed by atoms with Gasteiger partial charge in [0.05, 0.1) is 5.69 Å². The SMILES string of the molecule is Fc1cccc(OCc2c[nH]c(=S)[nH]2)c1F. The predicted molar refractivity (Wildman–Crippen MR) is 56.7 cm³/mol. The second-order valence-electron chi connectivity index (χ2n) is 3.11. The summed E-state index contributed by atoms with van der Waals surface area (Å²) in [4.78, 5) is 5.54. The Morgan fingerprint density at radius 3 is 2.81 bits per heavy atom. The molecule has 0 saturated heterocycles. The third-order valence-corrected chi connectivity index (χ3v) is 2.17. The van der Waals surface area contributed by atoms with Crippen LogP contribution in [-0.4, -0.2) is 9.97 Å². The van der Waals surface area contributed by atoms with E-state index in [1.165, 1.54) is 12.1 Å². The van der Waals surface area contributed by atoms with Gasteiger partial charge in [-0.3, -0.25) is 0 Å². The molecule has 2 rings (SSSR count). The van der Waals surface area contributed by atoms with Crippen molar-refractivity contribution in [3.63, 3.8) is 0 Å². The van der Waals surface area contributed by atoms with Gasteiger partial charge in [-0.15, -0.1) is 0 Å². The molecular formula is C10H8F2N2OS. The summed E-state index contributed by atoms with van der Waals surface area (Å²) < 4.78 is 31.6. The Hall–Kier alpha value is -1.69. The topological polar surface area (TPSA) is 40.8 Å². The first-order valence-electron chi connectivity index (χ1n) is 4.50. The molecule has 0 spiro atoms. The molecule has 0 fully saturated rings. The zero-order chi connectivity index (χ0) is 11.5. The minimum Gasteiger partial charge on any atom is -0.484 e. The van der Waals surface area contributed by atoms with Crippen molar-refractivity contribution in [2.45, 2.75) is 6.61 Å². The number of hydrogen-bond donors (Lipinski definition) is 2. The van der Waals surface area contributed by atoms with Gasteiger partial charge < -0.3 is 14.7 Å². The first kappa shape index (κ1) is 10.8. The van der Waals surface area contributed by atoms with Crippen LogP contribution in [0.2, 0.25) is 0 Å². The molecule has 1 aromatic carbocycles. The van der Waals surface area contributed by atoms with Crippen LogP contribution in [0.4, 0.5) is 8.78 Å². The first-order valence-corrected chi connectivity index (χ1v) is 4.91. The van der Waals surface area contributed by atoms with E-state index >= 15 is 0 Å². The monoisotopic (exact) mass is 242 g/mol. The summed E-state index contributed by atoms with van der Waals surface area (Å²) in [5.41, 5.74) is 0.661. The van der Waals surface area contributed by atoms with Crippen molar-refractivity contribution in [3.8, 4) is 5.75 Å². The van der Waals surface area contributed by atoms with Gasteiger partial charge in [-0.05, 0) is 24.4 Å². The van der Waals surface area contributed by atoms with Gasteiger partial charge in [-0.2, -0.15) is 4.39 Å². The number of H-pyrrole nitrogens is 2. The Morgan fingerprint density at radius 2 is 2.12 bits per heavy atom. The van der Waals surface area contributed by atoms with E-state index in [0.29, 0.717) is 10.5 Å². The fraction of sp³-hybridized carbons (Fsp3) is 0.100. The summed E-state index contributed by atoms with van der Waals surface area (Å²) in [5.74, 6) is -2.04. The summed E-state index contributed by atoms with van der Waals surface area (Å²) in [6.07, 6.45) is 1.61. The molecule has 0 unspecified atom stereocenters. The molecule has 1 heterocycles. The number of aromatic nitrogens is 2. The lowest BCUT2D eigenvalue weighted by Crippen LogP contribution is -1.98. The summed E-state index contributed by atoms with van der Waals surface area (Å²) in [5, 5.41) is 0. The van der Waals surface area contributed by atoms with E-state index < -0.39 is 11.6 Å². The van der Waals surface area contributed by atoms with Crippen molar-refractivity contribution < 1.29 is 13.5 Å². The molecule has 84 valence electrons. The second-order valence-corrected chi connectivity index (χ2v) is 3.52. The third kappa shape index (κ3) is 2.27. The molecule has 0 radical (unpaired) electrons. The van der Waals surface area contributed by atoms with Gasteiger partial charge >= 0.3 is 0 Å². The van der Waals surface area contributed by atoms with Crippen LogP contribution >= 0.6 is 12.2 Å². The third-order valence-electron chi connectivity index (χ3n) is 1.95. The lowest BCUT2D eigenvalue weighted by molar-refractivity contribution is 0.281. The number of imidazole rings is 1. The molecule has 2 N–H and O–H groups in total. The fourth-order valence-electron chi connectivity index (χ4n) is 1.20. The Morgan fingerprint density at radius 1 is 1.31 bits per heavy atom. The average molecular weight is 242 g/mol. The molecule has 6 heteroatoms. The zero-order valence-corrected chi connectivity index (χ0v) is 8.91. The summed E-state index contributed by atoms with van der Waals surface area (Å²) in [6.45, 7) is 0.0908. The molecule has 3 nitrogen and oxygen atoms in total. The molecule has 0 bridgehead atoms. The molecule has 0 saturated carbocycles. The Kier molecular flexibility index (Phi) is 3.00. The highest BCUT2D eigenvalue weighted by Crippen LogP contribution is 2.19. The molecule has 0 aliphatic heterocycles. The highest BCUT2D eigenvalue weighted by Gasteiger charge is 2.08. The van der Waals surface area contributed by atoms with Crippen molar-refractivity contribution in [1.29, 1.82) is 0 Å². The van der Waals surface area contributed by atoms with Gasteiger partial charge in [0, 0.05) is 6.20 Å². The summed E-state index contributed by atoms with van der Waals surface area (Å²) in [7, 11) is 0. The minimum atomic E-state index is -0.989. The van der Waals surface area contributed by atoms with Gasteiger partial charge in [0.15, 0.2) is 16.3 Å².